The van der Waals surface area contributed by atoms with Crippen molar-refractivity contribution in [2.75, 3.05) is 20.8 Å². The molecule has 0 amide bonds. The summed E-state index contributed by atoms with van der Waals surface area (Å²) in [6.45, 7) is 0.699. The van der Waals surface area contributed by atoms with Crippen molar-refractivity contribution in [1.29, 1.82) is 0 Å². The number of halogens is 5. The van der Waals surface area contributed by atoms with E-state index in [1.54, 1.807) is 0 Å². The van der Waals surface area contributed by atoms with Gasteiger partial charge in [-0.25, -0.2) is 0 Å². The lowest BCUT2D eigenvalue weighted by atomic mass is 9.86. The van der Waals surface area contributed by atoms with Crippen LogP contribution in [0.1, 0.15) is 23.6 Å². The SMILES string of the molecule is COC(=O)[C@@H]1CN[C@@H](c2ccccc2)[C@@H](NCc2cc(OC(F)(F)F)ccc2OC)C1.Cl.Cl. The van der Waals surface area contributed by atoms with Crippen LogP contribution in [0.25, 0.3) is 0 Å². The molecule has 1 aliphatic rings. The predicted octanol–water partition coefficient (Wildman–Crippen LogP) is 4.42. The number of esters is 1. The summed E-state index contributed by atoms with van der Waals surface area (Å²) in [6, 6.07) is 13.4. The molecule has 3 rings (SSSR count). The van der Waals surface area contributed by atoms with E-state index in [2.05, 4.69) is 15.4 Å². The zero-order valence-electron chi connectivity index (χ0n) is 18.1. The van der Waals surface area contributed by atoms with Crippen LogP contribution in [0.4, 0.5) is 13.2 Å². The molecule has 1 fully saturated rings. The predicted molar refractivity (Wildman–Crippen MR) is 122 cm³/mol. The van der Waals surface area contributed by atoms with Gasteiger partial charge in [0, 0.05) is 30.7 Å². The molecule has 2 aromatic rings. The van der Waals surface area contributed by atoms with Gasteiger partial charge in [0.2, 0.25) is 0 Å². The van der Waals surface area contributed by atoms with Crippen LogP contribution >= 0.6 is 24.8 Å². The van der Waals surface area contributed by atoms with E-state index in [1.165, 1.54) is 32.4 Å². The quantitative estimate of drug-likeness (QED) is 0.537. The zero-order valence-corrected chi connectivity index (χ0v) is 19.7. The molecular formula is C22H27Cl2F3N2O4. The maximum Gasteiger partial charge on any atom is 0.573 e. The number of hydrogen-bond donors (Lipinski definition) is 2. The summed E-state index contributed by atoms with van der Waals surface area (Å²) in [6.07, 6.45) is -4.26. The zero-order chi connectivity index (χ0) is 22.4. The number of methoxy groups -OCH3 is 2. The number of piperidine rings is 1. The van der Waals surface area contributed by atoms with Crippen LogP contribution in [0.15, 0.2) is 48.5 Å². The lowest BCUT2D eigenvalue weighted by Crippen LogP contribution is -2.51. The molecule has 0 unspecified atom stereocenters. The Balaban J connectivity index is 0.00000272. The van der Waals surface area contributed by atoms with Gasteiger partial charge in [-0.15, -0.1) is 38.0 Å². The summed E-state index contributed by atoms with van der Waals surface area (Å²) in [4.78, 5) is 12.1. The van der Waals surface area contributed by atoms with Gasteiger partial charge in [0.05, 0.1) is 20.1 Å². The van der Waals surface area contributed by atoms with E-state index in [0.29, 0.717) is 24.3 Å². The van der Waals surface area contributed by atoms with E-state index in [4.69, 9.17) is 9.47 Å². The summed E-state index contributed by atoms with van der Waals surface area (Å²) < 4.78 is 52.0. The van der Waals surface area contributed by atoms with Crippen LogP contribution in [0.5, 0.6) is 11.5 Å². The Kier molecular flexibility index (Phi) is 11.3. The van der Waals surface area contributed by atoms with Crippen LogP contribution in [-0.2, 0) is 16.1 Å². The van der Waals surface area contributed by atoms with Crippen LogP contribution < -0.4 is 20.1 Å². The Morgan fingerprint density at radius 2 is 1.82 bits per heavy atom. The molecule has 2 N–H and O–H groups in total. The third-order valence-electron chi connectivity index (χ3n) is 5.26. The Bertz CT molecular complexity index is 888. The van der Waals surface area contributed by atoms with E-state index in [9.17, 15) is 18.0 Å². The summed E-state index contributed by atoms with van der Waals surface area (Å²) in [5.74, 6) is -0.515. The molecule has 0 bridgehead atoms. The van der Waals surface area contributed by atoms with Crippen molar-refractivity contribution in [2.24, 2.45) is 5.92 Å². The number of rotatable bonds is 7. The first-order chi connectivity index (χ1) is 14.8. The molecule has 0 spiro atoms. The van der Waals surface area contributed by atoms with E-state index in [-0.39, 0.29) is 61.1 Å². The maximum atomic E-state index is 12.6. The summed E-state index contributed by atoms with van der Waals surface area (Å²) in [5.41, 5.74) is 1.56. The van der Waals surface area contributed by atoms with E-state index in [0.717, 1.165) is 5.56 Å². The highest BCUT2D eigenvalue weighted by atomic mass is 35.5. The second-order valence-corrected chi connectivity index (χ2v) is 7.26. The minimum absolute atomic E-state index is 0. The highest BCUT2D eigenvalue weighted by Gasteiger charge is 2.35. The van der Waals surface area contributed by atoms with Gasteiger partial charge < -0.3 is 24.8 Å². The third-order valence-corrected chi connectivity index (χ3v) is 5.26. The maximum absolute atomic E-state index is 12.6. The molecule has 6 nitrogen and oxygen atoms in total. The average Bonchev–Trinajstić information content (AvgIpc) is 2.76. The average molecular weight is 511 g/mol. The van der Waals surface area contributed by atoms with Crippen molar-refractivity contribution >= 4 is 30.8 Å². The number of alkyl halides is 3. The highest BCUT2D eigenvalue weighted by Crippen LogP contribution is 2.31. The van der Waals surface area contributed by atoms with Crippen molar-refractivity contribution in [2.45, 2.75) is 31.4 Å². The molecule has 1 heterocycles. The molecular weight excluding hydrogens is 484 g/mol. The van der Waals surface area contributed by atoms with Gasteiger partial charge in [0.15, 0.2) is 0 Å². The summed E-state index contributed by atoms with van der Waals surface area (Å²) in [7, 11) is 2.80. The standard InChI is InChI=1S/C22H25F3N2O4.2ClH/c1-29-19-9-8-17(31-22(23,24)25)10-15(19)12-26-18-11-16(21(28)30-2)13-27-20(18)14-6-4-3-5-7-14;;/h3-10,16,18,20,26-27H,11-13H2,1-2H3;2*1H/t16-,18-,20-;;/m0../s1. The van der Waals surface area contributed by atoms with Crippen LogP contribution in [0.2, 0.25) is 0 Å². The summed E-state index contributed by atoms with van der Waals surface area (Å²) in [5, 5.41) is 6.76. The van der Waals surface area contributed by atoms with Gasteiger partial charge in [-0.1, -0.05) is 30.3 Å². The van der Waals surface area contributed by atoms with E-state index in [1.807, 2.05) is 30.3 Å². The Morgan fingerprint density at radius 1 is 1.12 bits per heavy atom. The van der Waals surface area contributed by atoms with Gasteiger partial charge in [0.25, 0.3) is 0 Å². The van der Waals surface area contributed by atoms with Gasteiger partial charge >= 0.3 is 12.3 Å². The summed E-state index contributed by atoms with van der Waals surface area (Å²) >= 11 is 0. The molecule has 3 atom stereocenters. The van der Waals surface area contributed by atoms with Crippen molar-refractivity contribution in [3.63, 3.8) is 0 Å². The van der Waals surface area contributed by atoms with Gasteiger partial charge in [-0.3, -0.25) is 4.79 Å². The molecule has 11 heteroatoms. The van der Waals surface area contributed by atoms with Crippen molar-refractivity contribution in [3.05, 3.63) is 59.7 Å². The number of carbonyl (C=O) groups excluding carboxylic acids is 1. The first kappa shape index (κ1) is 28.8. The smallest absolute Gasteiger partial charge is 0.496 e. The monoisotopic (exact) mass is 510 g/mol. The number of carbonyl (C=O) groups is 1. The number of ether oxygens (including phenoxy) is 3. The fourth-order valence-electron chi connectivity index (χ4n) is 3.83. The normalized spacial score (nSPS) is 20.1. The first-order valence-corrected chi connectivity index (χ1v) is 9.83. The second kappa shape index (κ2) is 12.9. The molecule has 0 saturated carbocycles. The van der Waals surface area contributed by atoms with Crippen LogP contribution in [0, 0.1) is 5.92 Å². The Labute approximate surface area is 203 Å². The molecule has 0 aromatic heterocycles. The number of hydrogen-bond acceptors (Lipinski definition) is 6. The molecule has 2 aromatic carbocycles. The van der Waals surface area contributed by atoms with Crippen LogP contribution in [-0.4, -0.2) is 39.1 Å². The highest BCUT2D eigenvalue weighted by molar-refractivity contribution is 5.85. The molecule has 1 aliphatic heterocycles. The molecule has 1 saturated heterocycles. The molecule has 0 aliphatic carbocycles. The fraction of sp³-hybridized carbons (Fsp3) is 0.409. The largest absolute Gasteiger partial charge is 0.573 e. The second-order valence-electron chi connectivity index (χ2n) is 7.26. The third kappa shape index (κ3) is 7.96. The van der Waals surface area contributed by atoms with Crippen molar-refractivity contribution in [1.82, 2.24) is 10.6 Å². The van der Waals surface area contributed by atoms with Crippen molar-refractivity contribution < 1.29 is 32.2 Å². The van der Waals surface area contributed by atoms with Crippen molar-refractivity contribution in [3.8, 4) is 11.5 Å². The fourth-order valence-corrected chi connectivity index (χ4v) is 3.83. The topological polar surface area (TPSA) is 68.8 Å². The van der Waals surface area contributed by atoms with E-state index >= 15 is 0 Å². The molecule has 0 radical (unpaired) electrons. The van der Waals surface area contributed by atoms with Crippen LogP contribution in [0.3, 0.4) is 0 Å². The Morgan fingerprint density at radius 3 is 2.42 bits per heavy atom. The molecule has 184 valence electrons. The first-order valence-electron chi connectivity index (χ1n) is 9.83. The van der Waals surface area contributed by atoms with Gasteiger partial charge in [0.1, 0.15) is 11.5 Å². The lowest BCUT2D eigenvalue weighted by Gasteiger charge is -2.37. The van der Waals surface area contributed by atoms with E-state index < -0.39 is 6.36 Å². The van der Waals surface area contributed by atoms with Gasteiger partial charge in [-0.2, -0.15) is 0 Å². The minimum Gasteiger partial charge on any atom is -0.496 e. The minimum atomic E-state index is -4.78. The lowest BCUT2D eigenvalue weighted by molar-refractivity contribution is -0.274. The molecule has 33 heavy (non-hydrogen) atoms. The van der Waals surface area contributed by atoms with Gasteiger partial charge in [-0.05, 0) is 30.2 Å². The Hall–Kier alpha value is -2.20. The number of benzene rings is 2. The number of nitrogens with one attached hydrogen (secondary N) is 2.